The van der Waals surface area contributed by atoms with Crippen molar-refractivity contribution in [3.63, 3.8) is 0 Å². The van der Waals surface area contributed by atoms with E-state index in [1.807, 2.05) is 39.8 Å². The number of aryl methyl sites for hydroxylation is 1. The fourth-order valence-electron chi connectivity index (χ4n) is 2.48. The Hall–Kier alpha value is -1.42. The molecule has 24 heavy (non-hydrogen) atoms. The molecule has 1 aromatic carbocycles. The van der Waals surface area contributed by atoms with Crippen molar-refractivity contribution in [2.45, 2.75) is 71.9 Å². The Balaban J connectivity index is 2.88. The smallest absolute Gasteiger partial charge is 0.407 e. The zero-order chi connectivity index (χ0) is 18.3. The molecular weight excluding hydrogens is 326 g/mol. The highest BCUT2D eigenvalue weighted by Gasteiger charge is 2.20. The second-order valence-corrected chi connectivity index (χ2v) is 7.37. The number of halogens is 1. The second-order valence-electron chi connectivity index (χ2n) is 6.96. The molecule has 1 aromatic rings. The van der Waals surface area contributed by atoms with Crippen molar-refractivity contribution in [1.29, 1.82) is 0 Å². The second kappa shape index (κ2) is 9.16. The minimum atomic E-state index is -0.509. The van der Waals surface area contributed by atoms with Crippen molar-refractivity contribution in [3.8, 4) is 5.75 Å². The number of ether oxygens (including phenoxy) is 2. The number of hydrogen-bond acceptors (Lipinski definition) is 3. The van der Waals surface area contributed by atoms with Crippen LogP contribution < -0.4 is 10.1 Å². The van der Waals surface area contributed by atoms with Crippen LogP contribution in [-0.4, -0.2) is 24.8 Å². The summed E-state index contributed by atoms with van der Waals surface area (Å²) in [4.78, 5) is 12.0. The Morgan fingerprint density at radius 2 is 1.92 bits per heavy atom. The van der Waals surface area contributed by atoms with Crippen LogP contribution in [0.25, 0.3) is 0 Å². The number of methoxy groups -OCH3 is 1. The number of rotatable bonds is 7. The molecule has 0 aliphatic rings. The molecule has 0 aliphatic carbocycles. The Bertz CT molecular complexity index is 552. The molecule has 0 bridgehead atoms. The summed E-state index contributed by atoms with van der Waals surface area (Å²) in [6.45, 7) is 9.70. The van der Waals surface area contributed by atoms with Gasteiger partial charge in [0.15, 0.2) is 0 Å². The lowest BCUT2D eigenvalue weighted by Gasteiger charge is -2.23. The maximum atomic E-state index is 12.0. The summed E-state index contributed by atoms with van der Waals surface area (Å²) in [5.41, 5.74) is 1.57. The van der Waals surface area contributed by atoms with E-state index in [0.717, 1.165) is 41.2 Å². The van der Waals surface area contributed by atoms with Gasteiger partial charge in [-0.25, -0.2) is 4.79 Å². The highest BCUT2D eigenvalue weighted by Crippen LogP contribution is 2.29. The fraction of sp³-hybridized carbons (Fsp3) is 0.632. The van der Waals surface area contributed by atoms with Gasteiger partial charge in [0.1, 0.15) is 11.4 Å². The molecule has 0 spiro atoms. The van der Waals surface area contributed by atoms with E-state index in [9.17, 15) is 4.79 Å². The lowest BCUT2D eigenvalue weighted by atomic mass is 10.00. The first-order valence-electron chi connectivity index (χ1n) is 8.54. The van der Waals surface area contributed by atoms with Crippen molar-refractivity contribution >= 4 is 17.7 Å². The van der Waals surface area contributed by atoms with Gasteiger partial charge in [0.05, 0.1) is 7.11 Å². The largest absolute Gasteiger partial charge is 0.496 e. The molecule has 1 amide bonds. The molecule has 5 heteroatoms. The van der Waals surface area contributed by atoms with E-state index in [1.165, 1.54) is 0 Å². The summed E-state index contributed by atoms with van der Waals surface area (Å²) in [5, 5.41) is 3.67. The summed E-state index contributed by atoms with van der Waals surface area (Å²) in [5.74, 6) is 0.812. The van der Waals surface area contributed by atoms with Crippen molar-refractivity contribution in [2.24, 2.45) is 0 Å². The van der Waals surface area contributed by atoms with Crippen LogP contribution in [0.3, 0.4) is 0 Å². The molecule has 0 heterocycles. The lowest BCUT2D eigenvalue weighted by molar-refractivity contribution is 0.0502. The average Bonchev–Trinajstić information content (AvgIpc) is 2.47. The van der Waals surface area contributed by atoms with E-state index in [-0.39, 0.29) is 6.04 Å². The Labute approximate surface area is 150 Å². The maximum Gasteiger partial charge on any atom is 0.407 e. The Morgan fingerprint density at radius 1 is 1.25 bits per heavy atom. The summed E-state index contributed by atoms with van der Waals surface area (Å²) in [6, 6.07) is 3.91. The molecule has 1 N–H and O–H groups in total. The van der Waals surface area contributed by atoms with Crippen LogP contribution in [0.5, 0.6) is 5.75 Å². The van der Waals surface area contributed by atoms with E-state index in [4.69, 9.17) is 21.1 Å². The highest BCUT2D eigenvalue weighted by atomic mass is 35.5. The van der Waals surface area contributed by atoms with Crippen molar-refractivity contribution in [3.05, 3.63) is 28.3 Å². The average molecular weight is 356 g/mol. The molecule has 0 aliphatic heterocycles. The van der Waals surface area contributed by atoms with Gasteiger partial charge in [0.2, 0.25) is 0 Å². The van der Waals surface area contributed by atoms with Crippen molar-refractivity contribution in [1.82, 2.24) is 5.32 Å². The lowest BCUT2D eigenvalue weighted by Crippen LogP contribution is -2.40. The predicted molar refractivity (Wildman–Crippen MR) is 99.2 cm³/mol. The first-order chi connectivity index (χ1) is 11.2. The molecule has 1 atom stereocenters. The summed E-state index contributed by atoms with van der Waals surface area (Å²) < 4.78 is 10.8. The number of nitrogens with one attached hydrogen (secondary N) is 1. The molecule has 0 fully saturated rings. The summed E-state index contributed by atoms with van der Waals surface area (Å²) in [6.07, 6.45) is 2.98. The van der Waals surface area contributed by atoms with Crippen LogP contribution in [0, 0.1) is 0 Å². The molecule has 0 unspecified atom stereocenters. The molecule has 0 saturated carbocycles. The topological polar surface area (TPSA) is 47.6 Å². The van der Waals surface area contributed by atoms with Gasteiger partial charge in [-0.1, -0.05) is 31.9 Å². The van der Waals surface area contributed by atoms with Crippen LogP contribution in [-0.2, 0) is 17.6 Å². The zero-order valence-electron chi connectivity index (χ0n) is 15.7. The number of carbonyl (C=O) groups is 1. The molecular formula is C19H30ClNO3. The number of amides is 1. The number of carbonyl (C=O) groups excluding carboxylic acids is 1. The van der Waals surface area contributed by atoms with Gasteiger partial charge in [0, 0.05) is 11.1 Å². The quantitative estimate of drug-likeness (QED) is 0.736. The van der Waals surface area contributed by atoms with Gasteiger partial charge in [-0.3, -0.25) is 0 Å². The third-order valence-electron chi connectivity index (χ3n) is 3.65. The van der Waals surface area contributed by atoms with Crippen LogP contribution >= 0.6 is 11.6 Å². The normalized spacial score (nSPS) is 12.6. The summed E-state index contributed by atoms with van der Waals surface area (Å²) >= 11 is 6.39. The van der Waals surface area contributed by atoms with Gasteiger partial charge < -0.3 is 14.8 Å². The van der Waals surface area contributed by atoms with Crippen molar-refractivity contribution < 1.29 is 14.3 Å². The van der Waals surface area contributed by atoms with Crippen LogP contribution in [0.1, 0.15) is 58.6 Å². The van der Waals surface area contributed by atoms with Crippen LogP contribution in [0.15, 0.2) is 12.1 Å². The number of alkyl carbamates (subject to hydrolysis) is 1. The molecule has 0 radical (unpaired) electrons. The van der Waals surface area contributed by atoms with E-state index < -0.39 is 11.7 Å². The van der Waals surface area contributed by atoms with Gasteiger partial charge in [0.25, 0.3) is 0 Å². The highest BCUT2D eigenvalue weighted by molar-refractivity contribution is 6.31. The Morgan fingerprint density at radius 3 is 2.42 bits per heavy atom. The maximum absolute atomic E-state index is 12.0. The number of hydrogen-bond donors (Lipinski definition) is 1. The van der Waals surface area contributed by atoms with E-state index in [0.29, 0.717) is 6.42 Å². The fourth-order valence-corrected chi connectivity index (χ4v) is 2.77. The van der Waals surface area contributed by atoms with Gasteiger partial charge >= 0.3 is 6.09 Å². The molecule has 1 rings (SSSR count). The first kappa shape index (κ1) is 20.6. The molecule has 0 aromatic heterocycles. The van der Waals surface area contributed by atoms with Gasteiger partial charge in [-0.2, -0.15) is 0 Å². The third kappa shape index (κ3) is 6.60. The molecule has 4 nitrogen and oxygen atoms in total. The van der Waals surface area contributed by atoms with Crippen molar-refractivity contribution in [2.75, 3.05) is 7.11 Å². The van der Waals surface area contributed by atoms with Crippen LogP contribution in [0.2, 0.25) is 5.02 Å². The summed E-state index contributed by atoms with van der Waals surface area (Å²) in [7, 11) is 1.66. The minimum absolute atomic E-state index is 0.0400. The predicted octanol–water partition coefficient (Wildman–Crippen LogP) is 5.15. The standard InChI is InChI=1S/C19H30ClNO3/c1-7-9-13-12-17(23-6)14(11-16(13)20)10-15(8-2)21-18(22)24-19(3,4)5/h11-12,15H,7-10H2,1-6H3,(H,21,22)/t15-/m0/s1. The third-order valence-corrected chi connectivity index (χ3v) is 4.00. The van der Waals surface area contributed by atoms with E-state index in [1.54, 1.807) is 7.11 Å². The number of benzene rings is 1. The van der Waals surface area contributed by atoms with Crippen LogP contribution in [0.4, 0.5) is 4.79 Å². The molecule has 136 valence electrons. The minimum Gasteiger partial charge on any atom is -0.496 e. The molecule has 0 saturated heterocycles. The first-order valence-corrected chi connectivity index (χ1v) is 8.92. The zero-order valence-corrected chi connectivity index (χ0v) is 16.4. The van der Waals surface area contributed by atoms with E-state index in [2.05, 4.69) is 12.2 Å². The Kier molecular flexibility index (Phi) is 7.88. The van der Waals surface area contributed by atoms with Gasteiger partial charge in [-0.05, 0) is 63.3 Å². The van der Waals surface area contributed by atoms with Gasteiger partial charge in [-0.15, -0.1) is 0 Å². The van der Waals surface area contributed by atoms with E-state index >= 15 is 0 Å². The SMILES string of the molecule is CCCc1cc(OC)c(C[C@H](CC)NC(=O)OC(C)(C)C)cc1Cl. The monoisotopic (exact) mass is 355 g/mol.